The Morgan fingerprint density at radius 3 is 2.82 bits per heavy atom. The summed E-state index contributed by atoms with van der Waals surface area (Å²) in [6.07, 6.45) is 0. The van der Waals surface area contributed by atoms with Crippen LogP contribution in [-0.4, -0.2) is 27.6 Å². The van der Waals surface area contributed by atoms with E-state index in [9.17, 15) is 4.79 Å². The smallest absolute Gasteiger partial charge is 0.231 e. The quantitative estimate of drug-likeness (QED) is 0.677. The highest BCUT2D eigenvalue weighted by Gasteiger charge is 2.04. The lowest BCUT2D eigenvalue weighted by atomic mass is 10.2. The van der Waals surface area contributed by atoms with E-state index in [-0.39, 0.29) is 6.54 Å². The first kappa shape index (κ1) is 11.3. The number of primary amides is 1. The lowest BCUT2D eigenvalue weighted by molar-refractivity contribution is -0.117. The molecule has 0 saturated carbocycles. The van der Waals surface area contributed by atoms with Crippen molar-refractivity contribution in [3.63, 3.8) is 0 Å². The summed E-state index contributed by atoms with van der Waals surface area (Å²) in [6, 6.07) is 9.66. The highest BCUT2D eigenvalue weighted by molar-refractivity contribution is 5.75. The number of amides is 1. The van der Waals surface area contributed by atoms with Crippen molar-refractivity contribution in [2.45, 2.75) is 6.54 Å². The van der Waals surface area contributed by atoms with Crippen LogP contribution in [0.2, 0.25) is 0 Å². The second kappa shape index (κ2) is 5.22. The van der Waals surface area contributed by atoms with E-state index in [1.807, 2.05) is 30.3 Å². The molecule has 0 aliphatic carbocycles. The van der Waals surface area contributed by atoms with Gasteiger partial charge in [-0.3, -0.25) is 9.89 Å². The van der Waals surface area contributed by atoms with Crippen LogP contribution >= 0.6 is 0 Å². The van der Waals surface area contributed by atoms with Gasteiger partial charge in [0.25, 0.3) is 0 Å². The summed E-state index contributed by atoms with van der Waals surface area (Å²) in [6.45, 7) is 0.560. The van der Waals surface area contributed by atoms with Crippen LogP contribution in [0.4, 0.5) is 0 Å². The first-order chi connectivity index (χ1) is 8.25. The number of aromatic nitrogens is 3. The number of carbonyl (C=O) groups excluding carboxylic acids is 1. The van der Waals surface area contributed by atoms with Gasteiger partial charge in [-0.1, -0.05) is 30.3 Å². The molecule has 6 heteroatoms. The van der Waals surface area contributed by atoms with Crippen molar-refractivity contribution in [2.75, 3.05) is 6.54 Å². The summed E-state index contributed by atoms with van der Waals surface area (Å²) in [5.41, 5.74) is 5.95. The molecule has 0 aliphatic rings. The Morgan fingerprint density at radius 1 is 1.35 bits per heavy atom. The van der Waals surface area contributed by atoms with E-state index in [4.69, 9.17) is 5.73 Å². The Kier molecular flexibility index (Phi) is 3.46. The first-order valence-electron chi connectivity index (χ1n) is 5.21. The number of nitrogens with one attached hydrogen (secondary N) is 2. The van der Waals surface area contributed by atoms with E-state index in [1.165, 1.54) is 0 Å². The molecule has 1 heterocycles. The minimum atomic E-state index is -0.396. The van der Waals surface area contributed by atoms with Crippen molar-refractivity contribution < 1.29 is 4.79 Å². The molecule has 1 amide bonds. The molecule has 4 N–H and O–H groups in total. The van der Waals surface area contributed by atoms with E-state index >= 15 is 0 Å². The topological polar surface area (TPSA) is 96.7 Å². The molecule has 6 nitrogen and oxygen atoms in total. The van der Waals surface area contributed by atoms with E-state index in [0.717, 1.165) is 5.56 Å². The minimum absolute atomic E-state index is 0.126. The molecule has 0 radical (unpaired) electrons. The summed E-state index contributed by atoms with van der Waals surface area (Å²) in [5.74, 6) is 0.916. The summed E-state index contributed by atoms with van der Waals surface area (Å²) in [7, 11) is 0. The molecule has 2 aromatic rings. The maximum absolute atomic E-state index is 10.5. The lowest BCUT2D eigenvalue weighted by Crippen LogP contribution is -2.28. The third-order valence-electron chi connectivity index (χ3n) is 2.16. The zero-order valence-corrected chi connectivity index (χ0v) is 9.18. The fourth-order valence-corrected chi connectivity index (χ4v) is 1.39. The Hall–Kier alpha value is -2.21. The van der Waals surface area contributed by atoms with Crippen LogP contribution < -0.4 is 11.1 Å². The molecule has 0 saturated heterocycles. The number of nitrogens with zero attached hydrogens (tertiary/aromatic N) is 2. The monoisotopic (exact) mass is 231 g/mol. The van der Waals surface area contributed by atoms with Crippen molar-refractivity contribution in [1.29, 1.82) is 0 Å². The zero-order chi connectivity index (χ0) is 12.1. The highest BCUT2D eigenvalue weighted by Crippen LogP contribution is 2.12. The van der Waals surface area contributed by atoms with Crippen LogP contribution in [0.25, 0.3) is 11.4 Å². The van der Waals surface area contributed by atoms with Crippen LogP contribution in [0.5, 0.6) is 0 Å². The highest BCUT2D eigenvalue weighted by atomic mass is 16.1. The first-order valence-corrected chi connectivity index (χ1v) is 5.21. The number of nitrogens with two attached hydrogens (primary N) is 1. The van der Waals surface area contributed by atoms with Crippen molar-refractivity contribution in [1.82, 2.24) is 20.5 Å². The number of carbonyl (C=O) groups is 1. The summed E-state index contributed by atoms with van der Waals surface area (Å²) < 4.78 is 0. The van der Waals surface area contributed by atoms with Gasteiger partial charge in [0.05, 0.1) is 13.1 Å². The van der Waals surface area contributed by atoms with E-state index in [2.05, 4.69) is 20.5 Å². The van der Waals surface area contributed by atoms with Crippen LogP contribution in [0, 0.1) is 0 Å². The largest absolute Gasteiger partial charge is 0.369 e. The Labute approximate surface area is 98.3 Å². The van der Waals surface area contributed by atoms with Gasteiger partial charge in [0.2, 0.25) is 5.91 Å². The van der Waals surface area contributed by atoms with Crippen LogP contribution in [0.1, 0.15) is 5.82 Å². The average Bonchev–Trinajstić information content (AvgIpc) is 2.78. The second-order valence-electron chi connectivity index (χ2n) is 3.54. The number of benzene rings is 1. The number of rotatable bonds is 5. The lowest BCUT2D eigenvalue weighted by Gasteiger charge is -1.96. The van der Waals surface area contributed by atoms with Crippen molar-refractivity contribution >= 4 is 5.91 Å². The van der Waals surface area contributed by atoms with E-state index in [1.54, 1.807) is 0 Å². The molecule has 0 atom stereocenters. The average molecular weight is 231 g/mol. The fourth-order valence-electron chi connectivity index (χ4n) is 1.39. The van der Waals surface area contributed by atoms with Crippen LogP contribution in [-0.2, 0) is 11.3 Å². The molecule has 2 rings (SSSR count). The van der Waals surface area contributed by atoms with Gasteiger partial charge < -0.3 is 11.1 Å². The molecule has 1 aromatic heterocycles. The van der Waals surface area contributed by atoms with Gasteiger partial charge in [-0.2, -0.15) is 5.10 Å². The minimum Gasteiger partial charge on any atom is -0.369 e. The third kappa shape index (κ3) is 3.12. The molecule has 0 unspecified atom stereocenters. The van der Waals surface area contributed by atoms with Gasteiger partial charge in [0.1, 0.15) is 5.82 Å². The number of H-pyrrole nitrogens is 1. The number of aromatic amines is 1. The molecule has 0 fully saturated rings. The number of hydrogen-bond donors (Lipinski definition) is 3. The van der Waals surface area contributed by atoms with Gasteiger partial charge in [-0.25, -0.2) is 4.98 Å². The van der Waals surface area contributed by atoms with E-state index < -0.39 is 5.91 Å². The predicted octanol–water partition coefficient (Wildman–Crippen LogP) is 0.0466. The van der Waals surface area contributed by atoms with Gasteiger partial charge >= 0.3 is 0 Å². The zero-order valence-electron chi connectivity index (χ0n) is 9.18. The van der Waals surface area contributed by atoms with Gasteiger partial charge in [-0.15, -0.1) is 0 Å². The second-order valence-corrected chi connectivity index (χ2v) is 3.54. The summed E-state index contributed by atoms with van der Waals surface area (Å²) in [5, 5.41) is 9.75. The van der Waals surface area contributed by atoms with Crippen molar-refractivity contribution in [3.05, 3.63) is 36.2 Å². The molecule has 17 heavy (non-hydrogen) atoms. The third-order valence-corrected chi connectivity index (χ3v) is 2.16. The van der Waals surface area contributed by atoms with Crippen LogP contribution in [0.3, 0.4) is 0 Å². The molecule has 88 valence electrons. The SMILES string of the molecule is NC(=O)CNCc1nc(-c2ccccc2)n[nH]1. The predicted molar refractivity (Wildman–Crippen MR) is 62.7 cm³/mol. The Balaban J connectivity index is 1.99. The molecule has 0 spiro atoms. The van der Waals surface area contributed by atoms with Gasteiger partial charge in [0, 0.05) is 5.56 Å². The molecule has 0 aliphatic heterocycles. The standard InChI is InChI=1S/C11H13N5O/c12-9(17)6-13-7-10-14-11(16-15-10)8-4-2-1-3-5-8/h1-5,13H,6-7H2,(H2,12,17)(H,14,15,16). The number of hydrogen-bond acceptors (Lipinski definition) is 4. The molecule has 1 aromatic carbocycles. The summed E-state index contributed by atoms with van der Waals surface area (Å²) >= 11 is 0. The molecule has 0 bridgehead atoms. The normalized spacial score (nSPS) is 10.4. The van der Waals surface area contributed by atoms with Crippen LogP contribution in [0.15, 0.2) is 30.3 Å². The van der Waals surface area contributed by atoms with Crippen molar-refractivity contribution in [3.8, 4) is 11.4 Å². The van der Waals surface area contributed by atoms with Gasteiger partial charge in [-0.05, 0) is 0 Å². The Bertz CT molecular complexity index is 494. The fraction of sp³-hybridized carbons (Fsp3) is 0.182. The maximum atomic E-state index is 10.5. The molecular formula is C11H13N5O. The maximum Gasteiger partial charge on any atom is 0.231 e. The Morgan fingerprint density at radius 2 is 2.12 bits per heavy atom. The molecular weight excluding hydrogens is 218 g/mol. The van der Waals surface area contributed by atoms with E-state index in [0.29, 0.717) is 18.2 Å². The summed E-state index contributed by atoms with van der Waals surface area (Å²) in [4.78, 5) is 14.8. The van der Waals surface area contributed by atoms with Crippen molar-refractivity contribution in [2.24, 2.45) is 5.73 Å². The van der Waals surface area contributed by atoms with Gasteiger partial charge in [0.15, 0.2) is 5.82 Å².